The van der Waals surface area contributed by atoms with Gasteiger partial charge in [0, 0.05) is 24.0 Å². The van der Waals surface area contributed by atoms with Crippen molar-refractivity contribution in [3.63, 3.8) is 0 Å². The van der Waals surface area contributed by atoms with Crippen molar-refractivity contribution < 1.29 is 15.0 Å². The Kier molecular flexibility index (Phi) is 5.54. The van der Waals surface area contributed by atoms with E-state index in [0.717, 1.165) is 24.0 Å². The van der Waals surface area contributed by atoms with Crippen LogP contribution in [0.5, 0.6) is 0 Å². The number of aliphatic hydroxyl groups is 2. The van der Waals surface area contributed by atoms with Crippen molar-refractivity contribution in [2.45, 2.75) is 38.2 Å². The fourth-order valence-corrected chi connectivity index (χ4v) is 5.41. The molecule has 2 aliphatic carbocycles. The van der Waals surface area contributed by atoms with E-state index < -0.39 is 11.5 Å². The summed E-state index contributed by atoms with van der Waals surface area (Å²) in [5.41, 5.74) is 7.49. The zero-order valence-corrected chi connectivity index (χ0v) is 18.1. The summed E-state index contributed by atoms with van der Waals surface area (Å²) in [5, 5.41) is 20.6. The maximum Gasteiger partial charge on any atom is 0.162 e. The van der Waals surface area contributed by atoms with Crippen molar-refractivity contribution in [3.05, 3.63) is 112 Å². The van der Waals surface area contributed by atoms with Crippen molar-refractivity contribution >= 4 is 11.9 Å². The highest BCUT2D eigenvalue weighted by molar-refractivity contribution is 5.96. The number of rotatable bonds is 7. The first kappa shape index (κ1) is 20.9. The van der Waals surface area contributed by atoms with Crippen molar-refractivity contribution in [1.29, 1.82) is 0 Å². The fourth-order valence-electron chi connectivity index (χ4n) is 5.41. The third kappa shape index (κ3) is 3.62. The maximum atomic E-state index is 12.3. The number of hydrogen-bond acceptors (Lipinski definition) is 3. The lowest BCUT2D eigenvalue weighted by Gasteiger charge is -2.35. The topological polar surface area (TPSA) is 57.5 Å². The van der Waals surface area contributed by atoms with E-state index in [-0.39, 0.29) is 12.4 Å². The Morgan fingerprint density at radius 2 is 1.66 bits per heavy atom. The first-order valence-corrected chi connectivity index (χ1v) is 11.4. The molecule has 3 aromatic rings. The molecule has 32 heavy (non-hydrogen) atoms. The van der Waals surface area contributed by atoms with Gasteiger partial charge >= 0.3 is 0 Å². The molecular weight excluding hydrogens is 396 g/mol. The molecule has 0 unspecified atom stereocenters. The molecule has 0 spiro atoms. The second-order valence-electron chi connectivity index (χ2n) is 9.10. The van der Waals surface area contributed by atoms with Crippen LogP contribution >= 0.6 is 0 Å². The Morgan fingerprint density at radius 1 is 0.938 bits per heavy atom. The molecule has 0 amide bonds. The third-order valence-corrected chi connectivity index (χ3v) is 7.14. The highest BCUT2D eigenvalue weighted by Crippen LogP contribution is 2.54. The van der Waals surface area contributed by atoms with Gasteiger partial charge in [-0.1, -0.05) is 84.4 Å². The molecule has 5 rings (SSSR count). The number of hydrogen-bond donors (Lipinski definition) is 2. The van der Waals surface area contributed by atoms with Gasteiger partial charge in [-0.05, 0) is 53.5 Å². The smallest absolute Gasteiger partial charge is 0.162 e. The van der Waals surface area contributed by atoms with Crippen LogP contribution in [-0.2, 0) is 19.3 Å². The molecule has 2 aliphatic rings. The molecule has 0 saturated heterocycles. The molecule has 3 nitrogen and oxygen atoms in total. The van der Waals surface area contributed by atoms with E-state index in [1.165, 1.54) is 22.3 Å². The molecule has 2 N–H and O–H groups in total. The fraction of sp³-hybridized carbons (Fsp3) is 0.276. The summed E-state index contributed by atoms with van der Waals surface area (Å²) < 4.78 is 0. The average Bonchev–Trinajstić information content (AvgIpc) is 3.38. The van der Waals surface area contributed by atoms with E-state index >= 15 is 0 Å². The van der Waals surface area contributed by atoms with E-state index in [9.17, 15) is 9.90 Å². The standard InChI is InChI=1S/C29H28O3/c30-15-5-10-27(31)21-13-11-20(12-14-21)18-29(19-24-8-3-4-9-26(24)28(29)32)25-16-22-6-1-2-7-23(22)17-25/h1-4,6-9,11-14,16,28,30,32H,5,10,15,17-19H2/t28-,29+/m1/s1. The SMILES string of the molecule is O=C(CCCO)c1ccc(C[C@@]2(C3=Cc4ccccc4C3)Cc3ccccc3[C@H]2O)cc1. The first-order valence-electron chi connectivity index (χ1n) is 11.4. The predicted octanol–water partition coefficient (Wildman–Crippen LogP) is 5.10. The highest BCUT2D eigenvalue weighted by Gasteiger charge is 2.48. The molecule has 2 atom stereocenters. The van der Waals surface area contributed by atoms with Crippen LogP contribution in [0.2, 0.25) is 0 Å². The van der Waals surface area contributed by atoms with Crippen molar-refractivity contribution in [3.8, 4) is 0 Å². The van der Waals surface area contributed by atoms with Gasteiger partial charge in [0.2, 0.25) is 0 Å². The molecule has 162 valence electrons. The van der Waals surface area contributed by atoms with Gasteiger partial charge < -0.3 is 10.2 Å². The van der Waals surface area contributed by atoms with Crippen LogP contribution in [-0.4, -0.2) is 22.6 Å². The summed E-state index contributed by atoms with van der Waals surface area (Å²) in [5.74, 6) is 0.0579. The van der Waals surface area contributed by atoms with E-state index in [2.05, 4.69) is 36.4 Å². The summed E-state index contributed by atoms with van der Waals surface area (Å²) in [6.45, 7) is 0.0301. The highest BCUT2D eigenvalue weighted by atomic mass is 16.3. The molecule has 0 saturated carbocycles. The van der Waals surface area contributed by atoms with Gasteiger partial charge in [0.15, 0.2) is 5.78 Å². The minimum absolute atomic E-state index is 0.0301. The summed E-state index contributed by atoms with van der Waals surface area (Å²) in [7, 11) is 0. The Labute approximate surface area is 189 Å². The molecule has 0 radical (unpaired) electrons. The number of aliphatic hydroxyl groups excluding tert-OH is 2. The van der Waals surface area contributed by atoms with E-state index in [1.54, 1.807) is 0 Å². The summed E-state index contributed by atoms with van der Waals surface area (Å²) >= 11 is 0. The van der Waals surface area contributed by atoms with Crippen LogP contribution in [0.1, 0.15) is 57.1 Å². The van der Waals surface area contributed by atoms with Gasteiger partial charge in [-0.3, -0.25) is 4.79 Å². The van der Waals surface area contributed by atoms with Crippen molar-refractivity contribution in [1.82, 2.24) is 0 Å². The van der Waals surface area contributed by atoms with Gasteiger partial charge in [0.05, 0.1) is 6.10 Å². The second kappa shape index (κ2) is 8.50. The number of Topliss-reactive ketones (excluding diaryl/α,β-unsaturated/α-hetero) is 1. The second-order valence-corrected chi connectivity index (χ2v) is 9.10. The van der Waals surface area contributed by atoms with Gasteiger partial charge in [-0.25, -0.2) is 0 Å². The minimum atomic E-state index is -0.565. The molecule has 0 bridgehead atoms. The summed E-state index contributed by atoms with van der Waals surface area (Å²) in [6, 6.07) is 24.5. The molecular formula is C29H28O3. The lowest BCUT2D eigenvalue weighted by molar-refractivity contribution is 0.0651. The lowest BCUT2D eigenvalue weighted by Crippen LogP contribution is -2.31. The Morgan fingerprint density at radius 3 is 2.38 bits per heavy atom. The van der Waals surface area contributed by atoms with Crippen LogP contribution in [0.3, 0.4) is 0 Å². The number of carbonyl (C=O) groups is 1. The average molecular weight is 425 g/mol. The summed E-state index contributed by atoms with van der Waals surface area (Å²) in [4.78, 5) is 12.3. The van der Waals surface area contributed by atoms with Crippen LogP contribution in [0, 0.1) is 5.41 Å². The number of ketones is 1. The molecule has 0 heterocycles. The molecule has 3 heteroatoms. The van der Waals surface area contributed by atoms with Crippen molar-refractivity contribution in [2.75, 3.05) is 6.61 Å². The molecule has 0 fully saturated rings. The molecule has 0 aromatic heterocycles. The molecule has 0 aliphatic heterocycles. The summed E-state index contributed by atoms with van der Waals surface area (Å²) in [6.07, 6.45) is 4.94. The quantitative estimate of drug-likeness (QED) is 0.519. The van der Waals surface area contributed by atoms with Crippen LogP contribution in [0.25, 0.3) is 6.08 Å². The van der Waals surface area contributed by atoms with Gasteiger partial charge in [0.25, 0.3) is 0 Å². The minimum Gasteiger partial charge on any atom is -0.396 e. The van der Waals surface area contributed by atoms with Crippen LogP contribution < -0.4 is 0 Å². The Hall–Kier alpha value is -3.01. The normalized spacial score (nSPS) is 21.2. The largest absolute Gasteiger partial charge is 0.396 e. The Bertz CT molecular complexity index is 1180. The third-order valence-electron chi connectivity index (χ3n) is 7.14. The number of benzene rings is 3. The molecule has 3 aromatic carbocycles. The van der Waals surface area contributed by atoms with Crippen LogP contribution in [0.15, 0.2) is 78.4 Å². The predicted molar refractivity (Wildman–Crippen MR) is 126 cm³/mol. The number of fused-ring (bicyclic) bond motifs is 2. The Balaban J connectivity index is 1.48. The van der Waals surface area contributed by atoms with E-state index in [1.807, 2.05) is 42.5 Å². The zero-order valence-electron chi connectivity index (χ0n) is 18.1. The van der Waals surface area contributed by atoms with Crippen LogP contribution in [0.4, 0.5) is 0 Å². The maximum absolute atomic E-state index is 12.3. The van der Waals surface area contributed by atoms with Gasteiger partial charge in [-0.2, -0.15) is 0 Å². The lowest BCUT2D eigenvalue weighted by atomic mass is 9.70. The number of carbonyl (C=O) groups excluding carboxylic acids is 1. The zero-order chi connectivity index (χ0) is 22.1. The van der Waals surface area contributed by atoms with Crippen molar-refractivity contribution in [2.24, 2.45) is 5.41 Å². The monoisotopic (exact) mass is 424 g/mol. The van der Waals surface area contributed by atoms with E-state index in [0.29, 0.717) is 24.8 Å². The van der Waals surface area contributed by atoms with Gasteiger partial charge in [-0.15, -0.1) is 0 Å². The van der Waals surface area contributed by atoms with E-state index in [4.69, 9.17) is 5.11 Å². The first-order chi connectivity index (χ1) is 15.6. The van der Waals surface area contributed by atoms with Gasteiger partial charge in [0.1, 0.15) is 0 Å².